The average Bonchev–Trinajstić information content (AvgIpc) is 2.25. The first-order valence-corrected chi connectivity index (χ1v) is 6.46. The van der Waals surface area contributed by atoms with Crippen LogP contribution >= 0.6 is 27.5 Å². The van der Waals surface area contributed by atoms with Crippen LogP contribution in [0.1, 0.15) is 5.56 Å². The Bertz CT molecular complexity index is 576. The van der Waals surface area contributed by atoms with E-state index in [2.05, 4.69) is 21.2 Å². The molecule has 0 radical (unpaired) electrons. The molecule has 0 saturated carbocycles. The van der Waals surface area contributed by atoms with E-state index in [1.165, 1.54) is 18.2 Å². The van der Waals surface area contributed by atoms with E-state index in [0.29, 0.717) is 15.7 Å². The van der Waals surface area contributed by atoms with Gasteiger partial charge in [-0.3, -0.25) is 0 Å². The minimum atomic E-state index is -0.652. The molecule has 1 nitrogen and oxygen atoms in total. The molecule has 2 rings (SSSR count). The van der Waals surface area contributed by atoms with Gasteiger partial charge in [0.2, 0.25) is 0 Å². The molecule has 0 unspecified atom stereocenters. The summed E-state index contributed by atoms with van der Waals surface area (Å²) in [4.78, 5) is 0. The lowest BCUT2D eigenvalue weighted by molar-refractivity contribution is 0.580. The first-order chi connectivity index (χ1) is 8.95. The molecule has 6 heteroatoms. The lowest BCUT2D eigenvalue weighted by Crippen LogP contribution is -2.02. The van der Waals surface area contributed by atoms with Crippen LogP contribution < -0.4 is 5.32 Å². The Balaban J connectivity index is 2.19. The molecule has 19 heavy (non-hydrogen) atoms. The Morgan fingerprint density at radius 3 is 2.11 bits per heavy atom. The van der Waals surface area contributed by atoms with Gasteiger partial charge < -0.3 is 5.32 Å². The standard InChI is InChI=1S/C13H8BrClF3N/c14-11-4-10(18)5-12(15)13(11)19-6-7-1-8(16)3-9(17)2-7/h1-5,19H,6H2. The summed E-state index contributed by atoms with van der Waals surface area (Å²) in [5.74, 6) is -1.78. The fraction of sp³-hybridized carbons (Fsp3) is 0.0769. The molecule has 0 aliphatic rings. The van der Waals surface area contributed by atoms with E-state index in [0.717, 1.165) is 12.1 Å². The highest BCUT2D eigenvalue weighted by Gasteiger charge is 2.08. The highest BCUT2D eigenvalue weighted by molar-refractivity contribution is 9.10. The molecule has 2 aromatic carbocycles. The molecule has 0 aromatic heterocycles. The van der Waals surface area contributed by atoms with Gasteiger partial charge in [-0.1, -0.05) is 11.6 Å². The number of halogens is 5. The molecule has 0 spiro atoms. The molecule has 100 valence electrons. The maximum atomic E-state index is 13.0. The van der Waals surface area contributed by atoms with Gasteiger partial charge in [0.05, 0.1) is 10.7 Å². The highest BCUT2D eigenvalue weighted by Crippen LogP contribution is 2.32. The molecule has 0 bridgehead atoms. The summed E-state index contributed by atoms with van der Waals surface area (Å²) < 4.78 is 39.5. The summed E-state index contributed by atoms with van der Waals surface area (Å²) >= 11 is 9.05. The van der Waals surface area contributed by atoms with Crippen molar-refractivity contribution in [1.29, 1.82) is 0 Å². The first kappa shape index (κ1) is 14.2. The minimum Gasteiger partial charge on any atom is -0.379 e. The number of hydrogen-bond acceptors (Lipinski definition) is 1. The third-order valence-corrected chi connectivity index (χ3v) is 3.32. The second-order valence-electron chi connectivity index (χ2n) is 3.88. The summed E-state index contributed by atoms with van der Waals surface area (Å²) in [6, 6.07) is 5.62. The van der Waals surface area contributed by atoms with Gasteiger partial charge in [0.25, 0.3) is 0 Å². The van der Waals surface area contributed by atoms with Crippen molar-refractivity contribution in [3.05, 3.63) is 62.8 Å². The maximum Gasteiger partial charge on any atom is 0.126 e. The molecule has 0 heterocycles. The maximum absolute atomic E-state index is 13.0. The summed E-state index contributed by atoms with van der Waals surface area (Å²) in [5.41, 5.74) is 0.887. The number of nitrogens with one attached hydrogen (secondary N) is 1. The molecule has 0 aliphatic carbocycles. The van der Waals surface area contributed by atoms with Gasteiger partial charge in [0.1, 0.15) is 17.5 Å². The smallest absolute Gasteiger partial charge is 0.126 e. The first-order valence-electron chi connectivity index (χ1n) is 5.29. The largest absolute Gasteiger partial charge is 0.379 e. The van der Waals surface area contributed by atoms with Crippen molar-refractivity contribution in [2.75, 3.05) is 5.32 Å². The number of hydrogen-bond donors (Lipinski definition) is 1. The van der Waals surface area contributed by atoms with Crippen molar-refractivity contribution in [1.82, 2.24) is 0 Å². The van der Waals surface area contributed by atoms with E-state index in [9.17, 15) is 13.2 Å². The Morgan fingerprint density at radius 2 is 1.53 bits per heavy atom. The van der Waals surface area contributed by atoms with Crippen LogP contribution in [0.5, 0.6) is 0 Å². The van der Waals surface area contributed by atoms with Crippen LogP contribution in [0.4, 0.5) is 18.9 Å². The summed E-state index contributed by atoms with van der Waals surface area (Å²) in [5, 5.41) is 3.08. The van der Waals surface area contributed by atoms with Gasteiger partial charge in [-0.2, -0.15) is 0 Å². The van der Waals surface area contributed by atoms with Crippen LogP contribution in [-0.4, -0.2) is 0 Å². The van der Waals surface area contributed by atoms with E-state index in [-0.39, 0.29) is 11.6 Å². The number of rotatable bonds is 3. The summed E-state index contributed by atoms with van der Waals surface area (Å²) in [6.45, 7) is 0.165. The zero-order valence-corrected chi connectivity index (χ0v) is 11.8. The molecule has 0 saturated heterocycles. The van der Waals surface area contributed by atoms with E-state index in [4.69, 9.17) is 11.6 Å². The average molecular weight is 351 g/mol. The van der Waals surface area contributed by atoms with Crippen LogP contribution in [0.15, 0.2) is 34.8 Å². The van der Waals surface area contributed by atoms with E-state index >= 15 is 0 Å². The molecule has 0 amide bonds. The van der Waals surface area contributed by atoms with Gasteiger partial charge in [-0.05, 0) is 45.8 Å². The van der Waals surface area contributed by atoms with Gasteiger partial charge in [0.15, 0.2) is 0 Å². The fourth-order valence-electron chi connectivity index (χ4n) is 1.61. The minimum absolute atomic E-state index is 0.165. The molecule has 0 fully saturated rings. The molecule has 2 aromatic rings. The predicted molar refractivity (Wildman–Crippen MR) is 72.8 cm³/mol. The van der Waals surface area contributed by atoms with Crippen molar-refractivity contribution < 1.29 is 13.2 Å². The topological polar surface area (TPSA) is 12.0 Å². The van der Waals surface area contributed by atoms with Gasteiger partial charge in [-0.25, -0.2) is 13.2 Å². The molecular weight excluding hydrogens is 343 g/mol. The second-order valence-corrected chi connectivity index (χ2v) is 5.14. The quantitative estimate of drug-likeness (QED) is 0.809. The van der Waals surface area contributed by atoms with Crippen molar-refractivity contribution in [3.8, 4) is 0 Å². The van der Waals surface area contributed by atoms with Crippen LogP contribution in [0.25, 0.3) is 0 Å². The van der Waals surface area contributed by atoms with Crippen molar-refractivity contribution >= 4 is 33.2 Å². The van der Waals surface area contributed by atoms with E-state index in [1.807, 2.05) is 0 Å². The molecular formula is C13H8BrClF3N. The Hall–Kier alpha value is -1.20. The molecule has 0 aliphatic heterocycles. The SMILES string of the molecule is Fc1cc(F)cc(CNc2c(Cl)cc(F)cc2Br)c1. The normalized spacial score (nSPS) is 10.6. The number of anilines is 1. The van der Waals surface area contributed by atoms with Crippen LogP contribution in [0.2, 0.25) is 5.02 Å². The van der Waals surface area contributed by atoms with Gasteiger partial charge >= 0.3 is 0 Å². The van der Waals surface area contributed by atoms with Crippen LogP contribution in [0, 0.1) is 17.5 Å². The van der Waals surface area contributed by atoms with Crippen LogP contribution in [-0.2, 0) is 6.54 Å². The molecule has 0 atom stereocenters. The third kappa shape index (κ3) is 3.64. The number of benzene rings is 2. The van der Waals surface area contributed by atoms with Gasteiger partial charge in [0, 0.05) is 17.1 Å². The van der Waals surface area contributed by atoms with E-state index < -0.39 is 17.5 Å². The Kier molecular flexibility index (Phi) is 4.37. The lowest BCUT2D eigenvalue weighted by atomic mass is 10.2. The fourth-order valence-corrected chi connectivity index (χ4v) is 2.57. The third-order valence-electron chi connectivity index (χ3n) is 2.40. The second kappa shape index (κ2) is 5.84. The van der Waals surface area contributed by atoms with Crippen molar-refractivity contribution in [2.45, 2.75) is 6.54 Å². The zero-order chi connectivity index (χ0) is 14.0. The van der Waals surface area contributed by atoms with Crippen LogP contribution in [0.3, 0.4) is 0 Å². The Morgan fingerprint density at radius 1 is 0.947 bits per heavy atom. The Labute approximate surface area is 121 Å². The zero-order valence-electron chi connectivity index (χ0n) is 9.48. The summed E-state index contributed by atoms with van der Waals surface area (Å²) in [7, 11) is 0. The lowest BCUT2D eigenvalue weighted by Gasteiger charge is -2.11. The van der Waals surface area contributed by atoms with Crippen molar-refractivity contribution in [2.24, 2.45) is 0 Å². The predicted octanol–water partition coefficient (Wildman–Crippen LogP) is 5.13. The van der Waals surface area contributed by atoms with E-state index in [1.54, 1.807) is 0 Å². The highest BCUT2D eigenvalue weighted by atomic mass is 79.9. The van der Waals surface area contributed by atoms with Gasteiger partial charge in [-0.15, -0.1) is 0 Å². The van der Waals surface area contributed by atoms with Crippen molar-refractivity contribution in [3.63, 3.8) is 0 Å². The monoisotopic (exact) mass is 349 g/mol. The molecule has 1 N–H and O–H groups in total. The summed E-state index contributed by atoms with van der Waals surface area (Å²) in [6.07, 6.45) is 0.